The molecule has 0 heterocycles. The lowest BCUT2D eigenvalue weighted by Gasteiger charge is -2.14. The number of rotatable bonds is 4. The van der Waals surface area contributed by atoms with Crippen molar-refractivity contribution in [3.63, 3.8) is 0 Å². The minimum Gasteiger partial charge on any atom is -0.478 e. The van der Waals surface area contributed by atoms with E-state index in [4.69, 9.17) is 9.84 Å². The number of carboxylic acids is 1. The van der Waals surface area contributed by atoms with Crippen LogP contribution >= 0.6 is 0 Å². The third-order valence-electron chi connectivity index (χ3n) is 3.23. The van der Waals surface area contributed by atoms with Crippen LogP contribution in [0, 0.1) is 20.8 Å². The monoisotopic (exact) mass is 288 g/mol. The van der Waals surface area contributed by atoms with E-state index in [1.807, 2.05) is 32.9 Å². The molecule has 0 spiro atoms. The van der Waals surface area contributed by atoms with Crippen molar-refractivity contribution in [1.82, 2.24) is 0 Å². The summed E-state index contributed by atoms with van der Waals surface area (Å²) >= 11 is 0. The average Bonchev–Trinajstić information content (AvgIpc) is 2.34. The molecule has 0 amide bonds. The van der Waals surface area contributed by atoms with Crippen molar-refractivity contribution in [1.29, 1.82) is 0 Å². The average molecular weight is 288 g/mol. The van der Waals surface area contributed by atoms with Crippen LogP contribution in [-0.4, -0.2) is 17.0 Å². The lowest BCUT2D eigenvalue weighted by atomic mass is 9.96. The van der Waals surface area contributed by atoms with Gasteiger partial charge in [0, 0.05) is 13.0 Å². The highest BCUT2D eigenvalue weighted by Gasteiger charge is 2.10. The van der Waals surface area contributed by atoms with Gasteiger partial charge in [-0.1, -0.05) is 12.2 Å². The quantitative estimate of drug-likeness (QED) is 0.398. The van der Waals surface area contributed by atoms with Gasteiger partial charge in [-0.25, -0.2) is 4.79 Å². The number of carboxylic acid groups (broad SMARTS) is 1. The number of hydrogen-bond acceptors (Lipinski definition) is 3. The molecule has 21 heavy (non-hydrogen) atoms. The number of aliphatic carboxylic acids is 1. The molecule has 0 aliphatic carbocycles. The van der Waals surface area contributed by atoms with E-state index in [1.165, 1.54) is 6.92 Å². The molecule has 4 heteroatoms. The van der Waals surface area contributed by atoms with E-state index in [2.05, 4.69) is 0 Å². The number of hydrogen-bond donors (Lipinski definition) is 1. The fraction of sp³-hybridized carbons (Fsp3) is 0.294. The molecule has 0 saturated heterocycles. The summed E-state index contributed by atoms with van der Waals surface area (Å²) < 4.78 is 5.19. The molecule has 0 aliphatic rings. The molecule has 1 aromatic rings. The Morgan fingerprint density at radius 2 is 1.76 bits per heavy atom. The van der Waals surface area contributed by atoms with Crippen LogP contribution in [0.1, 0.15) is 36.1 Å². The number of ether oxygens (including phenoxy) is 1. The maximum Gasteiger partial charge on any atom is 0.328 e. The van der Waals surface area contributed by atoms with Crippen LogP contribution in [0.25, 0.3) is 6.08 Å². The molecule has 1 aromatic carbocycles. The standard InChI is InChI=1S/C17H20O4/c1-10(8-17(19)20)6-7-15-11(2)9-16(21-14(5)18)13(4)12(15)3/h6-9H,1-5H3,(H,19,20)/b7-6+,10-8-. The van der Waals surface area contributed by atoms with E-state index in [9.17, 15) is 9.59 Å². The summed E-state index contributed by atoms with van der Waals surface area (Å²) in [5.41, 5.74) is 4.53. The van der Waals surface area contributed by atoms with E-state index in [1.54, 1.807) is 13.0 Å². The minimum atomic E-state index is -0.966. The fourth-order valence-electron chi connectivity index (χ4n) is 2.04. The molecule has 0 radical (unpaired) electrons. The Morgan fingerprint density at radius 3 is 2.29 bits per heavy atom. The predicted molar refractivity (Wildman–Crippen MR) is 82.4 cm³/mol. The van der Waals surface area contributed by atoms with E-state index >= 15 is 0 Å². The summed E-state index contributed by atoms with van der Waals surface area (Å²) in [5, 5.41) is 8.70. The summed E-state index contributed by atoms with van der Waals surface area (Å²) in [6.45, 7) is 8.87. The summed E-state index contributed by atoms with van der Waals surface area (Å²) in [6.07, 6.45) is 4.79. The first-order valence-electron chi connectivity index (χ1n) is 6.61. The zero-order valence-corrected chi connectivity index (χ0v) is 13.0. The molecule has 0 aromatic heterocycles. The highest BCUT2D eigenvalue weighted by molar-refractivity contribution is 5.81. The van der Waals surface area contributed by atoms with Crippen molar-refractivity contribution in [2.45, 2.75) is 34.6 Å². The predicted octanol–water partition coefficient (Wildman–Crippen LogP) is 3.58. The topological polar surface area (TPSA) is 63.6 Å². The van der Waals surface area contributed by atoms with Gasteiger partial charge >= 0.3 is 11.9 Å². The first-order valence-corrected chi connectivity index (χ1v) is 6.61. The molecule has 0 unspecified atom stereocenters. The Hall–Kier alpha value is -2.36. The van der Waals surface area contributed by atoms with Crippen LogP contribution in [0.5, 0.6) is 5.75 Å². The first-order chi connectivity index (χ1) is 9.72. The van der Waals surface area contributed by atoms with Crippen molar-refractivity contribution in [2.24, 2.45) is 0 Å². The minimum absolute atomic E-state index is 0.347. The number of esters is 1. The zero-order chi connectivity index (χ0) is 16.2. The lowest BCUT2D eigenvalue weighted by molar-refractivity contribution is -0.132. The fourth-order valence-corrected chi connectivity index (χ4v) is 2.04. The normalized spacial score (nSPS) is 11.8. The van der Waals surface area contributed by atoms with Crippen LogP contribution in [0.4, 0.5) is 0 Å². The third kappa shape index (κ3) is 4.60. The van der Waals surface area contributed by atoms with Gasteiger partial charge in [-0.2, -0.15) is 0 Å². The van der Waals surface area contributed by atoms with Crippen LogP contribution in [0.15, 0.2) is 23.8 Å². The molecule has 0 aliphatic heterocycles. The molecule has 1 rings (SSSR count). The number of carbonyl (C=O) groups is 2. The third-order valence-corrected chi connectivity index (χ3v) is 3.23. The van der Waals surface area contributed by atoms with Crippen LogP contribution in [0.2, 0.25) is 0 Å². The van der Waals surface area contributed by atoms with Gasteiger partial charge in [-0.3, -0.25) is 4.79 Å². The Bertz CT molecular complexity index is 637. The van der Waals surface area contributed by atoms with E-state index in [0.29, 0.717) is 11.3 Å². The van der Waals surface area contributed by atoms with E-state index in [-0.39, 0.29) is 5.97 Å². The number of benzene rings is 1. The van der Waals surface area contributed by atoms with Gasteiger partial charge in [0.1, 0.15) is 5.75 Å². The molecule has 0 atom stereocenters. The van der Waals surface area contributed by atoms with Gasteiger partial charge in [-0.15, -0.1) is 0 Å². The number of aryl methyl sites for hydroxylation is 1. The summed E-state index contributed by atoms with van der Waals surface area (Å²) in [4.78, 5) is 21.7. The van der Waals surface area contributed by atoms with Crippen LogP contribution in [-0.2, 0) is 9.59 Å². The van der Waals surface area contributed by atoms with Crippen molar-refractivity contribution in [3.8, 4) is 5.75 Å². The lowest BCUT2D eigenvalue weighted by Crippen LogP contribution is -2.05. The molecule has 0 bridgehead atoms. The molecular formula is C17H20O4. The van der Waals surface area contributed by atoms with Gasteiger partial charge in [0.2, 0.25) is 0 Å². The van der Waals surface area contributed by atoms with Crippen molar-refractivity contribution in [3.05, 3.63) is 46.0 Å². The number of carbonyl (C=O) groups excluding carboxylic acids is 1. The largest absolute Gasteiger partial charge is 0.478 e. The Balaban J connectivity index is 3.21. The maximum absolute atomic E-state index is 11.1. The highest BCUT2D eigenvalue weighted by Crippen LogP contribution is 2.29. The number of allylic oxidation sites excluding steroid dienone is 2. The Labute approximate surface area is 124 Å². The van der Waals surface area contributed by atoms with Crippen LogP contribution < -0.4 is 4.74 Å². The van der Waals surface area contributed by atoms with Gasteiger partial charge < -0.3 is 9.84 Å². The van der Waals surface area contributed by atoms with Crippen molar-refractivity contribution in [2.75, 3.05) is 0 Å². The van der Waals surface area contributed by atoms with E-state index < -0.39 is 5.97 Å². The summed E-state index contributed by atoms with van der Waals surface area (Å²) in [6, 6.07) is 1.82. The van der Waals surface area contributed by atoms with E-state index in [0.717, 1.165) is 28.3 Å². The van der Waals surface area contributed by atoms with Gasteiger partial charge in [0.15, 0.2) is 0 Å². The van der Waals surface area contributed by atoms with Gasteiger partial charge in [-0.05, 0) is 61.6 Å². The summed E-state index contributed by atoms with van der Waals surface area (Å²) in [7, 11) is 0. The summed E-state index contributed by atoms with van der Waals surface area (Å²) in [5.74, 6) is -0.750. The molecule has 0 fully saturated rings. The highest BCUT2D eigenvalue weighted by atomic mass is 16.5. The molecular weight excluding hydrogens is 268 g/mol. The van der Waals surface area contributed by atoms with Crippen LogP contribution in [0.3, 0.4) is 0 Å². The molecule has 0 saturated carbocycles. The van der Waals surface area contributed by atoms with Gasteiger partial charge in [0.05, 0.1) is 0 Å². The van der Waals surface area contributed by atoms with Gasteiger partial charge in [0.25, 0.3) is 0 Å². The zero-order valence-electron chi connectivity index (χ0n) is 13.0. The smallest absolute Gasteiger partial charge is 0.328 e. The molecule has 1 N–H and O–H groups in total. The molecule has 112 valence electrons. The second kappa shape index (κ2) is 6.88. The second-order valence-electron chi connectivity index (χ2n) is 5.01. The Kier molecular flexibility index (Phi) is 5.47. The van der Waals surface area contributed by atoms with Crippen molar-refractivity contribution < 1.29 is 19.4 Å². The Morgan fingerprint density at radius 1 is 1.14 bits per heavy atom. The second-order valence-corrected chi connectivity index (χ2v) is 5.01. The molecule has 4 nitrogen and oxygen atoms in total. The maximum atomic E-state index is 11.1. The van der Waals surface area contributed by atoms with Crippen molar-refractivity contribution >= 4 is 18.0 Å². The first kappa shape index (κ1) is 16.7. The SMILES string of the molecule is CC(=O)Oc1cc(C)c(/C=C/C(C)=C\C(=O)O)c(C)c1C.